The summed E-state index contributed by atoms with van der Waals surface area (Å²) in [5, 5.41) is 38.1. The van der Waals surface area contributed by atoms with Crippen LogP contribution in [0, 0.1) is 40.3 Å². The summed E-state index contributed by atoms with van der Waals surface area (Å²) in [4.78, 5) is 71.1. The number of carbonyl (C=O) groups excluding carboxylic acids is 2. The number of rotatable bonds is 20. The molecule has 5 atom stereocenters. The van der Waals surface area contributed by atoms with E-state index in [-0.39, 0.29) is 25.7 Å². The van der Waals surface area contributed by atoms with Crippen molar-refractivity contribution >= 4 is 126 Å². The summed E-state index contributed by atoms with van der Waals surface area (Å²) in [5.74, 6) is -9.36. The van der Waals surface area contributed by atoms with Crippen LogP contribution in [0.4, 0.5) is 0 Å². The molecule has 0 aliphatic carbocycles. The van der Waals surface area contributed by atoms with Crippen LogP contribution in [0.15, 0.2) is 164 Å². The molecule has 16 heteroatoms. The molecule has 0 fully saturated rings. The highest BCUT2D eigenvalue weighted by molar-refractivity contribution is 14.1. The Morgan fingerprint density at radius 2 is 0.667 bits per heavy atom. The van der Waals surface area contributed by atoms with E-state index in [2.05, 4.69) is 115 Å². The zero-order valence-electron chi connectivity index (χ0n) is 44.5. The Balaban J connectivity index is 0.000000288. The minimum atomic E-state index is -1.08. The molecule has 0 aromatic heterocycles. The van der Waals surface area contributed by atoms with Gasteiger partial charge in [-0.15, -0.1) is 0 Å². The number of carbonyl (C=O) groups is 6. The molecule has 0 saturated heterocycles. The van der Waals surface area contributed by atoms with E-state index < -0.39 is 76.6 Å². The van der Waals surface area contributed by atoms with Crippen LogP contribution >= 0.6 is 90.4 Å². The fourth-order valence-corrected chi connectivity index (χ4v) is 9.35. The highest BCUT2D eigenvalue weighted by atomic mass is 127. The predicted molar refractivity (Wildman–Crippen MR) is 337 cm³/mol. The molecule has 0 spiro atoms. The van der Waals surface area contributed by atoms with Gasteiger partial charge in [0.15, 0.2) is 0 Å². The van der Waals surface area contributed by atoms with Crippen molar-refractivity contribution in [2.24, 2.45) is 29.6 Å². The summed E-state index contributed by atoms with van der Waals surface area (Å²) in [7, 11) is 0. The van der Waals surface area contributed by atoms with E-state index in [9.17, 15) is 49.2 Å². The van der Waals surface area contributed by atoms with E-state index in [1.54, 1.807) is 41.5 Å². The van der Waals surface area contributed by atoms with Gasteiger partial charge < -0.3 is 29.9 Å². The van der Waals surface area contributed by atoms with Crippen molar-refractivity contribution < 1.29 is 58.7 Å². The van der Waals surface area contributed by atoms with Gasteiger partial charge in [-0.25, -0.2) is 0 Å². The van der Waals surface area contributed by atoms with Gasteiger partial charge in [-0.2, -0.15) is 0 Å². The monoisotopic (exact) mass is 1510 g/mol. The summed E-state index contributed by atoms with van der Waals surface area (Å²) in [6.07, 6.45) is 1.24. The van der Waals surface area contributed by atoms with Crippen molar-refractivity contribution in [2.75, 3.05) is 0 Å². The van der Waals surface area contributed by atoms with Gasteiger partial charge in [-0.3, -0.25) is 28.8 Å². The molecule has 0 amide bonds. The van der Waals surface area contributed by atoms with Gasteiger partial charge in [0.05, 0.1) is 36.0 Å². The van der Waals surface area contributed by atoms with E-state index in [4.69, 9.17) is 9.47 Å². The lowest BCUT2D eigenvalue weighted by atomic mass is 9.82. The molecular weight excluding hydrogens is 1440 g/mol. The van der Waals surface area contributed by atoms with E-state index >= 15 is 0 Å². The molecule has 4 N–H and O–H groups in total. The van der Waals surface area contributed by atoms with Gasteiger partial charge in [0, 0.05) is 15.1 Å². The van der Waals surface area contributed by atoms with Crippen molar-refractivity contribution in [3.63, 3.8) is 0 Å². The van der Waals surface area contributed by atoms with Crippen molar-refractivity contribution in [3.05, 3.63) is 208 Å². The number of ether oxygens (including phenoxy) is 2. The molecule has 0 saturated carbocycles. The predicted octanol–water partition coefficient (Wildman–Crippen LogP) is 14.1. The van der Waals surface area contributed by atoms with Crippen LogP contribution in [0.1, 0.15) is 81.3 Å². The molecule has 0 aliphatic rings. The second-order valence-corrected chi connectivity index (χ2v) is 24.8. The Morgan fingerprint density at radius 1 is 0.385 bits per heavy atom. The number of esters is 2. The number of alkyl halides is 1. The highest BCUT2D eigenvalue weighted by Crippen LogP contribution is 2.28. The summed E-state index contributed by atoms with van der Waals surface area (Å²) < 4.78 is 15.3. The first kappa shape index (κ1) is 67.3. The van der Waals surface area contributed by atoms with Crippen LogP contribution in [-0.2, 0) is 74.8 Å². The van der Waals surface area contributed by atoms with Crippen LogP contribution in [-0.4, -0.2) is 67.4 Å². The molecule has 78 heavy (non-hydrogen) atoms. The smallest absolute Gasteiger partial charge is 0.310 e. The van der Waals surface area contributed by atoms with Gasteiger partial charge in [0.1, 0.15) is 11.2 Å². The largest absolute Gasteiger partial charge is 0.481 e. The lowest BCUT2D eigenvalue weighted by molar-refractivity contribution is -0.166. The van der Waals surface area contributed by atoms with E-state index in [1.165, 1.54) is 9.13 Å². The number of benzene rings is 6. The summed E-state index contributed by atoms with van der Waals surface area (Å²) in [5.41, 5.74) is 4.51. The third kappa shape index (κ3) is 27.3. The molecule has 0 aliphatic heterocycles. The summed E-state index contributed by atoms with van der Waals surface area (Å²) in [6, 6.07) is 51.6. The normalized spacial score (nSPS) is 12.8. The van der Waals surface area contributed by atoms with Gasteiger partial charge in [-0.05, 0) is 211 Å². The van der Waals surface area contributed by atoms with E-state index in [0.717, 1.165) is 39.4 Å². The number of carboxylic acids is 4. The first-order valence-electron chi connectivity index (χ1n) is 25.0. The zero-order valence-corrected chi connectivity index (χ0v) is 53.1. The molecule has 6 aromatic rings. The van der Waals surface area contributed by atoms with Crippen LogP contribution < -0.4 is 0 Å². The molecule has 12 nitrogen and oxygen atoms in total. The second-order valence-electron chi connectivity index (χ2n) is 20.3. The Hall–Kier alpha value is -4.94. The topological polar surface area (TPSA) is 202 Å². The van der Waals surface area contributed by atoms with E-state index in [1.807, 2.05) is 140 Å². The minimum absolute atomic E-state index is 0.110. The maximum atomic E-state index is 12.9. The third-order valence-electron chi connectivity index (χ3n) is 11.5. The standard InChI is InChI=1S/C22H25IO4.C18H17IO4.C15H20O4.C7H6I2/c1-22(2,3)27-21(26)19(14-16-9-11-17(23)12-10-16)18(20(24)25)13-15-7-5-4-6-8-15;19-14-8-6-13(7-9-14)11-16(18(22)23)15(17(20)21)10-12-4-2-1-3-5-12;1-15(2,3)19-13(16)10-12(14(17)18)9-11-7-5-4-6-8-11;8-5-6-1-3-7(9)4-2-6/h4-12,18-19H,13-14H2,1-3H3,(H,24,25);1-9,15-16H,10-11H2,(H,20,21)(H,22,23);4-8,12H,9-10H2,1-3H3,(H,17,18);1-4H,5H2/t18-,19-;15-,16-;12-;/m000./s1. The molecule has 0 unspecified atom stereocenters. The van der Waals surface area contributed by atoms with E-state index in [0.29, 0.717) is 12.8 Å². The molecule has 6 aromatic carbocycles. The fourth-order valence-electron chi connectivity index (χ4n) is 7.76. The van der Waals surface area contributed by atoms with Gasteiger partial charge in [0.2, 0.25) is 0 Å². The molecule has 0 bridgehead atoms. The number of hydrogen-bond acceptors (Lipinski definition) is 8. The Morgan fingerprint density at radius 3 is 0.962 bits per heavy atom. The lowest BCUT2D eigenvalue weighted by Gasteiger charge is -2.27. The third-order valence-corrected chi connectivity index (χ3v) is 14.6. The Bertz CT molecular complexity index is 2780. The van der Waals surface area contributed by atoms with Crippen molar-refractivity contribution in [1.29, 1.82) is 0 Å². The van der Waals surface area contributed by atoms with Gasteiger partial charge >= 0.3 is 35.8 Å². The average Bonchev–Trinajstić information content (AvgIpc) is 3.38. The van der Waals surface area contributed by atoms with Crippen molar-refractivity contribution in [2.45, 2.75) is 95.7 Å². The first-order chi connectivity index (χ1) is 36.7. The summed E-state index contributed by atoms with van der Waals surface area (Å²) in [6.45, 7) is 10.7. The van der Waals surface area contributed by atoms with Gasteiger partial charge in [0.25, 0.3) is 0 Å². The summed E-state index contributed by atoms with van der Waals surface area (Å²) >= 11 is 9.06. The lowest BCUT2D eigenvalue weighted by Crippen LogP contribution is -2.37. The van der Waals surface area contributed by atoms with Gasteiger partial charge in [-0.1, -0.05) is 150 Å². The van der Waals surface area contributed by atoms with Crippen molar-refractivity contribution in [1.82, 2.24) is 0 Å². The van der Waals surface area contributed by atoms with Crippen LogP contribution in [0.2, 0.25) is 0 Å². The average molecular weight is 1510 g/mol. The van der Waals surface area contributed by atoms with Crippen LogP contribution in [0.3, 0.4) is 0 Å². The van der Waals surface area contributed by atoms with Crippen LogP contribution in [0.25, 0.3) is 0 Å². The Kier molecular flexibility index (Phi) is 29.6. The Labute approximate surface area is 513 Å². The number of aliphatic carboxylic acids is 4. The number of carboxylic acid groups (broad SMARTS) is 4. The molecule has 416 valence electrons. The zero-order chi connectivity index (χ0) is 58.0. The first-order valence-corrected chi connectivity index (χ1v) is 29.8. The number of hydrogen-bond donors (Lipinski definition) is 4. The number of halogens is 4. The fraction of sp³-hybridized carbons (Fsp3) is 0.323. The quantitative estimate of drug-likeness (QED) is 0.0321. The van der Waals surface area contributed by atoms with Crippen LogP contribution in [0.5, 0.6) is 0 Å². The van der Waals surface area contributed by atoms with Crippen molar-refractivity contribution in [3.8, 4) is 0 Å². The molecule has 0 heterocycles. The maximum absolute atomic E-state index is 12.9. The second kappa shape index (κ2) is 34.3. The minimum Gasteiger partial charge on any atom is -0.481 e. The maximum Gasteiger partial charge on any atom is 0.310 e. The highest BCUT2D eigenvalue weighted by Gasteiger charge is 2.37. The SMILES string of the molecule is CC(C)(C)OC(=O)C[C@H](Cc1ccccc1)C(=O)O.CC(C)(C)OC(=O)[C@@H](Cc1ccc(I)cc1)[C@H](Cc1ccccc1)C(=O)O.ICc1ccc(I)cc1.O=C(O)[C@@H](Cc1ccccc1)[C@H](Cc1ccc(I)cc1)C(=O)O. The molecule has 6 rings (SSSR count). The molecular formula is C62H68I4O12. The molecule has 0 radical (unpaired) electrons.